The molecule has 42 heavy (non-hydrogen) atoms. The minimum atomic E-state index is -2.39. The SMILES string of the molecule is CC[N+](CC)(CC)C(C)(OC)c1c(OB(Oc2cc(F)c(F)c(F)c2)Oc2cc(F)c(F)c(F)c2)cc(F)c(F)c1F. The molecule has 1 unspecified atom stereocenters. The van der Waals surface area contributed by atoms with Crippen LogP contribution in [0.25, 0.3) is 0 Å². The number of hydrogen-bond donors (Lipinski definition) is 0. The molecule has 0 heterocycles. The van der Waals surface area contributed by atoms with Crippen molar-refractivity contribution >= 4 is 7.32 Å². The summed E-state index contributed by atoms with van der Waals surface area (Å²) >= 11 is 0. The summed E-state index contributed by atoms with van der Waals surface area (Å²) in [5.74, 6) is -18.3. The first kappa shape index (κ1) is 32.9. The van der Waals surface area contributed by atoms with E-state index in [1.54, 1.807) is 20.8 Å². The van der Waals surface area contributed by atoms with E-state index in [2.05, 4.69) is 0 Å². The van der Waals surface area contributed by atoms with Gasteiger partial charge in [0, 0.05) is 44.4 Å². The Hall–Kier alpha value is -3.59. The Morgan fingerprint density at radius 2 is 0.976 bits per heavy atom. The van der Waals surface area contributed by atoms with Gasteiger partial charge in [0.05, 0.1) is 19.6 Å². The van der Waals surface area contributed by atoms with Gasteiger partial charge in [-0.1, -0.05) is 0 Å². The van der Waals surface area contributed by atoms with E-state index in [9.17, 15) is 35.1 Å². The topological polar surface area (TPSA) is 36.9 Å². The molecule has 228 valence electrons. The van der Waals surface area contributed by atoms with Crippen LogP contribution < -0.4 is 14.0 Å². The van der Waals surface area contributed by atoms with Gasteiger partial charge >= 0.3 is 7.32 Å². The van der Waals surface area contributed by atoms with Gasteiger partial charge in [-0.2, -0.15) is 0 Å². The molecule has 0 saturated heterocycles. The average molecular weight is 610 g/mol. The maximum Gasteiger partial charge on any atom is 0.864 e. The van der Waals surface area contributed by atoms with Crippen LogP contribution >= 0.6 is 0 Å². The highest BCUT2D eigenvalue weighted by atomic mass is 19.2. The fourth-order valence-electron chi connectivity index (χ4n) is 4.81. The molecule has 0 bridgehead atoms. The first-order valence-electron chi connectivity index (χ1n) is 12.6. The van der Waals surface area contributed by atoms with Crippen molar-refractivity contribution in [3.05, 3.63) is 88.3 Å². The Bertz CT molecular complexity index is 1340. The third-order valence-corrected chi connectivity index (χ3v) is 7.31. The summed E-state index contributed by atoms with van der Waals surface area (Å²) in [6.45, 7) is 7.51. The van der Waals surface area contributed by atoms with Crippen molar-refractivity contribution in [3.8, 4) is 17.2 Å². The molecule has 15 heteroatoms. The van der Waals surface area contributed by atoms with Crippen LogP contribution in [0.5, 0.6) is 17.2 Å². The Labute approximate surface area is 236 Å². The van der Waals surface area contributed by atoms with E-state index < -0.39 is 88.2 Å². The molecule has 0 aliphatic rings. The molecular formula is C27H26BF9NO4+. The van der Waals surface area contributed by atoms with Crippen LogP contribution in [-0.2, 0) is 10.5 Å². The number of quaternary nitrogens is 1. The fraction of sp³-hybridized carbons (Fsp3) is 0.333. The molecule has 0 aliphatic heterocycles. The zero-order chi connectivity index (χ0) is 31.6. The molecule has 0 saturated carbocycles. The first-order valence-corrected chi connectivity index (χ1v) is 12.6. The van der Waals surface area contributed by atoms with E-state index in [1.165, 1.54) is 14.0 Å². The molecule has 0 radical (unpaired) electrons. The normalized spacial score (nSPS) is 13.1. The number of ether oxygens (including phenoxy) is 1. The van der Waals surface area contributed by atoms with Crippen LogP contribution in [0, 0.1) is 52.4 Å². The van der Waals surface area contributed by atoms with Crippen molar-refractivity contribution in [2.45, 2.75) is 33.4 Å². The van der Waals surface area contributed by atoms with Gasteiger partial charge in [-0.15, -0.1) is 0 Å². The second-order valence-electron chi connectivity index (χ2n) is 9.18. The van der Waals surface area contributed by atoms with E-state index in [4.69, 9.17) is 18.7 Å². The highest BCUT2D eigenvalue weighted by Gasteiger charge is 2.52. The molecule has 0 spiro atoms. The lowest BCUT2D eigenvalue weighted by Crippen LogP contribution is -2.62. The number of benzene rings is 3. The minimum absolute atomic E-state index is 0.0585. The van der Waals surface area contributed by atoms with Crippen LogP contribution in [0.2, 0.25) is 0 Å². The number of nitrogens with zero attached hydrogens (tertiary/aromatic N) is 1. The van der Waals surface area contributed by atoms with Gasteiger partial charge in [-0.05, 0) is 20.8 Å². The third-order valence-electron chi connectivity index (χ3n) is 7.31. The lowest BCUT2D eigenvalue weighted by molar-refractivity contribution is -1.00. The van der Waals surface area contributed by atoms with E-state index in [0.717, 1.165) is 0 Å². The largest absolute Gasteiger partial charge is 0.864 e. The predicted octanol–water partition coefficient (Wildman–Crippen LogP) is 7.16. The zero-order valence-electron chi connectivity index (χ0n) is 23.1. The lowest BCUT2D eigenvalue weighted by Gasteiger charge is -2.49. The second kappa shape index (κ2) is 12.7. The predicted molar refractivity (Wildman–Crippen MR) is 133 cm³/mol. The summed E-state index contributed by atoms with van der Waals surface area (Å²) in [6, 6.07) is 1.82. The molecule has 0 amide bonds. The maximum atomic E-state index is 15.6. The monoisotopic (exact) mass is 610 g/mol. The van der Waals surface area contributed by atoms with E-state index in [1.807, 2.05) is 0 Å². The van der Waals surface area contributed by atoms with Crippen molar-refractivity contribution in [2.24, 2.45) is 0 Å². The molecule has 1 atom stereocenters. The molecule has 3 aromatic rings. The Morgan fingerprint density at radius 3 is 1.33 bits per heavy atom. The van der Waals surface area contributed by atoms with Crippen molar-refractivity contribution in [3.63, 3.8) is 0 Å². The van der Waals surface area contributed by atoms with Gasteiger partial charge in [0.25, 0.3) is 0 Å². The molecule has 0 aromatic heterocycles. The summed E-state index contributed by atoms with van der Waals surface area (Å²) in [6.07, 6.45) is 0. The molecule has 0 aliphatic carbocycles. The molecular weight excluding hydrogens is 584 g/mol. The number of rotatable bonds is 12. The van der Waals surface area contributed by atoms with Crippen molar-refractivity contribution in [2.75, 3.05) is 26.7 Å². The highest BCUT2D eigenvalue weighted by Crippen LogP contribution is 2.44. The third kappa shape index (κ3) is 5.98. The standard InChI is InChI=1S/C27H26BF9NO4/c1-6-38(7-2,8-3)27(4,39-5)22-21(13-20(33)25(36)26(22)37)42-28(40-14-9-16(29)23(34)17(30)10-14)41-15-11-18(31)24(35)19(32)12-15/h9-13H,6-8H2,1-5H3/q+1. The fourth-order valence-corrected chi connectivity index (χ4v) is 4.81. The highest BCUT2D eigenvalue weighted by molar-refractivity contribution is 6.39. The van der Waals surface area contributed by atoms with Crippen LogP contribution in [0.15, 0.2) is 30.3 Å². The summed E-state index contributed by atoms with van der Waals surface area (Å²) in [4.78, 5) is 0. The smallest absolute Gasteiger partial charge is 0.489 e. The van der Waals surface area contributed by atoms with E-state index in [0.29, 0.717) is 50.0 Å². The van der Waals surface area contributed by atoms with Crippen LogP contribution in [0.4, 0.5) is 39.5 Å². The molecule has 5 nitrogen and oxygen atoms in total. The molecule has 3 rings (SSSR count). The Balaban J connectivity index is 2.23. The summed E-state index contributed by atoms with van der Waals surface area (Å²) < 4.78 is 149. The quantitative estimate of drug-likeness (QED) is 0.0718. The molecule has 0 fully saturated rings. The van der Waals surface area contributed by atoms with Gasteiger partial charge in [-0.3, -0.25) is 4.48 Å². The van der Waals surface area contributed by atoms with Crippen molar-refractivity contribution < 1.29 is 62.7 Å². The average Bonchev–Trinajstić information content (AvgIpc) is 2.94. The van der Waals surface area contributed by atoms with Gasteiger partial charge in [0.15, 0.2) is 52.4 Å². The summed E-state index contributed by atoms with van der Waals surface area (Å²) in [5, 5.41) is 0. The van der Waals surface area contributed by atoms with Crippen molar-refractivity contribution in [1.82, 2.24) is 0 Å². The lowest BCUT2D eigenvalue weighted by atomic mass is 9.96. The number of hydrogen-bond acceptors (Lipinski definition) is 4. The van der Waals surface area contributed by atoms with E-state index >= 15 is 4.39 Å². The van der Waals surface area contributed by atoms with Crippen LogP contribution in [0.3, 0.4) is 0 Å². The van der Waals surface area contributed by atoms with Gasteiger partial charge in [-0.25, -0.2) is 39.5 Å². The Kier molecular flexibility index (Phi) is 9.98. The number of halogens is 9. The molecule has 0 N–H and O–H groups in total. The van der Waals surface area contributed by atoms with Crippen molar-refractivity contribution in [1.29, 1.82) is 0 Å². The zero-order valence-corrected chi connectivity index (χ0v) is 23.1. The van der Waals surface area contributed by atoms with Gasteiger partial charge in [0.2, 0.25) is 5.72 Å². The second-order valence-corrected chi connectivity index (χ2v) is 9.18. The van der Waals surface area contributed by atoms with E-state index in [-0.39, 0.29) is 4.48 Å². The molecule has 3 aromatic carbocycles. The maximum absolute atomic E-state index is 15.6. The van der Waals surface area contributed by atoms with Crippen LogP contribution in [0.1, 0.15) is 33.3 Å². The minimum Gasteiger partial charge on any atom is -0.489 e. The Morgan fingerprint density at radius 1 is 0.595 bits per heavy atom. The van der Waals surface area contributed by atoms with Gasteiger partial charge in [0.1, 0.15) is 22.8 Å². The first-order chi connectivity index (χ1) is 19.7. The summed E-state index contributed by atoms with van der Waals surface area (Å²) in [5.41, 5.74) is -2.45. The summed E-state index contributed by atoms with van der Waals surface area (Å²) in [7, 11) is -1.20. The van der Waals surface area contributed by atoms with Gasteiger partial charge < -0.3 is 18.7 Å². The number of methoxy groups -OCH3 is 1. The van der Waals surface area contributed by atoms with Crippen LogP contribution in [-0.4, -0.2) is 38.5 Å².